The summed E-state index contributed by atoms with van der Waals surface area (Å²) in [5.41, 5.74) is 3.59. The van der Waals surface area contributed by atoms with Crippen molar-refractivity contribution in [3.05, 3.63) is 134 Å². The number of hydrazone groups is 1. The standard InChI is InChI=1S/C32H26FN7O4S2/c1-20-4-6-21(7-5-20)27-17-26(28-3-2-16-45-28)37-39(27)30(41)19-46-32-36-35-29(38(32)24-14-10-23(33)11-15-24)18-34-31(42)22-8-12-25(13-9-22)40(43)44/h2-16,27H,17-19H2,1H3,(H,34,42)/t27-/m0/s1. The Bertz CT molecular complexity index is 1910. The number of aromatic nitrogens is 3. The Morgan fingerprint density at radius 2 is 1.78 bits per heavy atom. The minimum absolute atomic E-state index is 0.00192. The molecule has 1 aliphatic rings. The summed E-state index contributed by atoms with van der Waals surface area (Å²) in [6, 6.07) is 22.7. The van der Waals surface area contributed by atoms with Crippen LogP contribution in [0.5, 0.6) is 0 Å². The highest BCUT2D eigenvalue weighted by molar-refractivity contribution is 7.99. The molecule has 232 valence electrons. The SMILES string of the molecule is Cc1ccc([C@@H]2CC(c3cccs3)=NN2C(=O)CSc2nnc(CNC(=O)c3ccc([N+](=O)[O-])cc3)n2-c2ccc(F)cc2)cc1. The minimum atomic E-state index is -0.543. The van der Waals surface area contributed by atoms with E-state index in [-0.39, 0.29) is 35.5 Å². The number of halogens is 1. The van der Waals surface area contributed by atoms with E-state index in [0.717, 1.165) is 33.5 Å². The predicted molar refractivity (Wildman–Crippen MR) is 173 cm³/mol. The van der Waals surface area contributed by atoms with Crippen LogP contribution in [0.2, 0.25) is 0 Å². The molecule has 11 nitrogen and oxygen atoms in total. The molecule has 2 aromatic heterocycles. The molecule has 0 aliphatic carbocycles. The van der Waals surface area contributed by atoms with Gasteiger partial charge in [0.15, 0.2) is 11.0 Å². The van der Waals surface area contributed by atoms with E-state index in [1.54, 1.807) is 28.0 Å². The number of thioether (sulfide) groups is 1. The van der Waals surface area contributed by atoms with Crippen LogP contribution in [0.4, 0.5) is 10.1 Å². The third kappa shape index (κ3) is 6.72. The third-order valence-corrected chi connectivity index (χ3v) is 9.12. The predicted octanol–water partition coefficient (Wildman–Crippen LogP) is 6.08. The highest BCUT2D eigenvalue weighted by atomic mass is 32.2. The van der Waals surface area contributed by atoms with E-state index in [1.807, 2.05) is 48.7 Å². The van der Waals surface area contributed by atoms with Crippen molar-refractivity contribution in [3.8, 4) is 5.69 Å². The van der Waals surface area contributed by atoms with E-state index >= 15 is 0 Å². The number of hydrogen-bond donors (Lipinski definition) is 1. The highest BCUT2D eigenvalue weighted by Gasteiger charge is 2.33. The summed E-state index contributed by atoms with van der Waals surface area (Å²) in [5.74, 6) is -0.774. The molecule has 46 heavy (non-hydrogen) atoms. The highest BCUT2D eigenvalue weighted by Crippen LogP contribution is 2.35. The van der Waals surface area contributed by atoms with Crippen molar-refractivity contribution in [2.45, 2.75) is 31.1 Å². The fourth-order valence-corrected chi connectivity index (χ4v) is 6.47. The van der Waals surface area contributed by atoms with Crippen LogP contribution in [0.25, 0.3) is 5.69 Å². The Morgan fingerprint density at radius 3 is 2.46 bits per heavy atom. The maximum absolute atomic E-state index is 13.8. The van der Waals surface area contributed by atoms with Crippen molar-refractivity contribution in [2.75, 3.05) is 5.75 Å². The molecule has 1 aliphatic heterocycles. The number of amides is 2. The molecule has 6 rings (SSSR count). The number of nitrogens with zero attached hydrogens (tertiary/aromatic N) is 6. The molecule has 0 bridgehead atoms. The van der Waals surface area contributed by atoms with Gasteiger partial charge in [0, 0.05) is 29.8 Å². The van der Waals surface area contributed by atoms with Crippen LogP contribution >= 0.6 is 23.1 Å². The van der Waals surface area contributed by atoms with Gasteiger partial charge in [-0.2, -0.15) is 5.10 Å². The zero-order valence-electron chi connectivity index (χ0n) is 24.4. The first-order valence-electron chi connectivity index (χ1n) is 14.1. The fraction of sp³-hybridized carbons (Fsp3) is 0.156. The number of carbonyl (C=O) groups is 2. The van der Waals surface area contributed by atoms with Crippen LogP contribution in [0, 0.1) is 22.9 Å². The monoisotopic (exact) mass is 655 g/mol. The molecule has 0 saturated heterocycles. The van der Waals surface area contributed by atoms with E-state index < -0.39 is 16.6 Å². The largest absolute Gasteiger partial charge is 0.345 e. The number of nitro benzene ring substituents is 1. The molecule has 0 unspecified atom stereocenters. The molecule has 3 heterocycles. The van der Waals surface area contributed by atoms with E-state index in [4.69, 9.17) is 5.10 Å². The lowest BCUT2D eigenvalue weighted by molar-refractivity contribution is -0.384. The average Bonchev–Trinajstić information content (AvgIpc) is 3.84. The molecule has 2 amide bonds. The van der Waals surface area contributed by atoms with E-state index in [0.29, 0.717) is 23.1 Å². The van der Waals surface area contributed by atoms with Crippen LogP contribution in [0.15, 0.2) is 101 Å². The number of rotatable bonds is 10. The Labute approximate surface area is 270 Å². The lowest BCUT2D eigenvalue weighted by atomic mass is 10.00. The summed E-state index contributed by atoms with van der Waals surface area (Å²) in [6.07, 6.45) is 0.588. The number of benzene rings is 3. The van der Waals surface area contributed by atoms with Gasteiger partial charge in [0.2, 0.25) is 0 Å². The molecule has 0 saturated carbocycles. The zero-order chi connectivity index (χ0) is 32.2. The molecule has 0 fully saturated rings. The fourth-order valence-electron chi connectivity index (χ4n) is 4.93. The van der Waals surface area contributed by atoms with Gasteiger partial charge in [0.1, 0.15) is 5.82 Å². The smallest absolute Gasteiger partial charge is 0.269 e. The molecule has 14 heteroatoms. The van der Waals surface area contributed by atoms with Crippen molar-refractivity contribution in [1.29, 1.82) is 0 Å². The maximum Gasteiger partial charge on any atom is 0.269 e. The Balaban J connectivity index is 1.22. The summed E-state index contributed by atoms with van der Waals surface area (Å²) >= 11 is 2.73. The number of aryl methyl sites for hydroxylation is 1. The lowest BCUT2D eigenvalue weighted by Crippen LogP contribution is -2.28. The maximum atomic E-state index is 13.8. The number of nitro groups is 1. The van der Waals surface area contributed by atoms with Gasteiger partial charge in [-0.05, 0) is 60.3 Å². The summed E-state index contributed by atoms with van der Waals surface area (Å²) in [5, 5.41) is 30.9. The Hall–Kier alpha value is -5.21. The molecule has 0 spiro atoms. The number of carbonyl (C=O) groups excluding carboxylic acids is 2. The number of nitrogens with one attached hydrogen (secondary N) is 1. The van der Waals surface area contributed by atoms with Crippen LogP contribution < -0.4 is 5.32 Å². The van der Waals surface area contributed by atoms with Gasteiger partial charge < -0.3 is 5.32 Å². The molecule has 3 aromatic carbocycles. The van der Waals surface area contributed by atoms with Gasteiger partial charge >= 0.3 is 0 Å². The van der Waals surface area contributed by atoms with Crippen molar-refractivity contribution in [3.63, 3.8) is 0 Å². The Kier molecular flexibility index (Phi) is 8.99. The quantitative estimate of drug-likeness (QED) is 0.109. The van der Waals surface area contributed by atoms with Gasteiger partial charge in [-0.3, -0.25) is 24.3 Å². The average molecular weight is 656 g/mol. The second kappa shape index (κ2) is 13.4. The molecule has 1 N–H and O–H groups in total. The number of thiophene rings is 1. The molecular formula is C32H26FN7O4S2. The summed E-state index contributed by atoms with van der Waals surface area (Å²) in [6.45, 7) is 1.96. The zero-order valence-corrected chi connectivity index (χ0v) is 26.0. The van der Waals surface area contributed by atoms with E-state index in [2.05, 4.69) is 15.5 Å². The summed E-state index contributed by atoms with van der Waals surface area (Å²) in [4.78, 5) is 37.9. The van der Waals surface area contributed by atoms with Crippen molar-refractivity contribution >= 4 is 46.3 Å². The van der Waals surface area contributed by atoms with Crippen LogP contribution in [-0.2, 0) is 11.3 Å². The first-order chi connectivity index (χ1) is 22.3. The normalized spacial score (nSPS) is 14.3. The number of hydrogen-bond acceptors (Lipinski definition) is 9. The second-order valence-electron chi connectivity index (χ2n) is 10.4. The first-order valence-corrected chi connectivity index (χ1v) is 16.0. The second-order valence-corrected chi connectivity index (χ2v) is 12.3. The van der Waals surface area contributed by atoms with E-state index in [1.165, 1.54) is 41.4 Å². The molecular weight excluding hydrogens is 630 g/mol. The molecule has 5 aromatic rings. The first kappa shape index (κ1) is 30.8. The van der Waals surface area contributed by atoms with Crippen molar-refractivity contribution in [2.24, 2.45) is 5.10 Å². The third-order valence-electron chi connectivity index (χ3n) is 7.29. The summed E-state index contributed by atoms with van der Waals surface area (Å²) in [7, 11) is 0. The van der Waals surface area contributed by atoms with Gasteiger partial charge in [0.05, 0.1) is 33.9 Å². The molecule has 0 radical (unpaired) electrons. The lowest BCUT2D eigenvalue weighted by Gasteiger charge is -2.22. The van der Waals surface area contributed by atoms with Gasteiger partial charge in [-0.15, -0.1) is 21.5 Å². The van der Waals surface area contributed by atoms with Gasteiger partial charge in [-0.25, -0.2) is 9.40 Å². The number of non-ortho nitro benzene ring substituents is 1. The van der Waals surface area contributed by atoms with Crippen LogP contribution in [-0.4, -0.2) is 48.0 Å². The topological polar surface area (TPSA) is 136 Å². The van der Waals surface area contributed by atoms with Crippen molar-refractivity contribution < 1.29 is 18.9 Å². The van der Waals surface area contributed by atoms with Crippen LogP contribution in [0.1, 0.15) is 44.6 Å². The minimum Gasteiger partial charge on any atom is -0.345 e. The van der Waals surface area contributed by atoms with E-state index in [9.17, 15) is 24.1 Å². The van der Waals surface area contributed by atoms with Gasteiger partial charge in [-0.1, -0.05) is 47.7 Å². The Morgan fingerprint density at radius 1 is 1.04 bits per heavy atom. The van der Waals surface area contributed by atoms with Gasteiger partial charge in [0.25, 0.3) is 17.5 Å². The van der Waals surface area contributed by atoms with Crippen LogP contribution in [0.3, 0.4) is 0 Å². The van der Waals surface area contributed by atoms with Crippen molar-refractivity contribution in [1.82, 2.24) is 25.1 Å². The summed E-state index contributed by atoms with van der Waals surface area (Å²) < 4.78 is 15.4. The molecule has 1 atom stereocenters.